The fraction of sp³-hybridized carbons (Fsp3) is 0.182. The van der Waals surface area contributed by atoms with Crippen LogP contribution in [0.4, 0.5) is 4.79 Å². The maximum Gasteiger partial charge on any atom is 0.338 e. The van der Waals surface area contributed by atoms with Crippen LogP contribution in [0.5, 0.6) is 0 Å². The van der Waals surface area contributed by atoms with Crippen molar-refractivity contribution in [3.63, 3.8) is 0 Å². The lowest BCUT2D eigenvalue weighted by atomic mass is 9.95. The van der Waals surface area contributed by atoms with Crippen molar-refractivity contribution in [2.45, 2.75) is 13.0 Å². The Morgan fingerprint density at radius 1 is 1.06 bits per heavy atom. The summed E-state index contributed by atoms with van der Waals surface area (Å²) in [5.41, 5.74) is 1.80. The lowest BCUT2D eigenvalue weighted by molar-refractivity contribution is -0.139. The van der Waals surface area contributed by atoms with Crippen molar-refractivity contribution in [3.05, 3.63) is 82.3 Å². The zero-order valence-electron chi connectivity index (χ0n) is 17.9. The molecule has 0 fully saturated rings. The van der Waals surface area contributed by atoms with Gasteiger partial charge in [0.25, 0.3) is 0 Å². The topological polar surface area (TPSA) is 137 Å². The first-order chi connectivity index (χ1) is 16.5. The Bertz CT molecular complexity index is 1230. The van der Waals surface area contributed by atoms with E-state index in [-0.39, 0.29) is 30.0 Å². The molecule has 2 aromatic carbocycles. The van der Waals surface area contributed by atoms with E-state index in [1.165, 1.54) is 11.0 Å². The second-order valence-electron chi connectivity index (χ2n) is 7.07. The van der Waals surface area contributed by atoms with Crippen molar-refractivity contribution in [3.8, 4) is 5.69 Å². The molecule has 4 rings (SSSR count). The highest BCUT2D eigenvalue weighted by molar-refractivity contribution is 6.30. The van der Waals surface area contributed by atoms with E-state index >= 15 is 0 Å². The lowest BCUT2D eigenvalue weighted by Gasteiger charge is -2.29. The van der Waals surface area contributed by atoms with Gasteiger partial charge in [-0.15, -0.1) is 5.10 Å². The van der Waals surface area contributed by atoms with Crippen molar-refractivity contribution in [2.24, 2.45) is 0 Å². The molecule has 34 heavy (non-hydrogen) atoms. The minimum absolute atomic E-state index is 0.126. The van der Waals surface area contributed by atoms with E-state index in [0.717, 1.165) is 0 Å². The van der Waals surface area contributed by atoms with Gasteiger partial charge in [0.2, 0.25) is 0 Å². The van der Waals surface area contributed by atoms with Gasteiger partial charge in [0.1, 0.15) is 12.9 Å². The predicted octanol–water partition coefficient (Wildman–Crippen LogP) is 2.34. The van der Waals surface area contributed by atoms with Gasteiger partial charge in [-0.3, -0.25) is 0 Å². The Morgan fingerprint density at radius 2 is 1.79 bits per heavy atom. The number of hydrogen-bond acceptors (Lipinski definition) is 8. The van der Waals surface area contributed by atoms with Gasteiger partial charge in [-0.05, 0) is 59.3 Å². The number of tetrazole rings is 1. The van der Waals surface area contributed by atoms with Gasteiger partial charge in [-0.25, -0.2) is 19.1 Å². The maximum absolute atomic E-state index is 12.8. The van der Waals surface area contributed by atoms with Gasteiger partial charge in [0, 0.05) is 5.02 Å². The van der Waals surface area contributed by atoms with Gasteiger partial charge in [-0.2, -0.15) is 0 Å². The molecule has 1 aromatic heterocycles. The summed E-state index contributed by atoms with van der Waals surface area (Å²) in [7, 11) is 0. The number of carbonyl (C=O) groups excluding carboxylic acids is 3. The number of urea groups is 1. The minimum Gasteiger partial charge on any atom is -0.463 e. The first-order valence-corrected chi connectivity index (χ1v) is 10.6. The second-order valence-corrected chi connectivity index (χ2v) is 7.51. The average Bonchev–Trinajstić information content (AvgIpc) is 3.38. The van der Waals surface area contributed by atoms with E-state index in [2.05, 4.69) is 26.2 Å². The number of esters is 2. The monoisotopic (exact) mass is 482 g/mol. The molecular formula is C22H19ClN6O5. The quantitative estimate of drug-likeness (QED) is 0.489. The Morgan fingerprint density at radius 3 is 2.44 bits per heavy atom. The van der Waals surface area contributed by atoms with Gasteiger partial charge in [-0.1, -0.05) is 23.7 Å². The van der Waals surface area contributed by atoms with E-state index in [0.29, 0.717) is 16.3 Å². The molecule has 1 unspecified atom stereocenters. The molecule has 0 bridgehead atoms. The summed E-state index contributed by atoms with van der Waals surface area (Å²) in [6, 6.07) is 11.7. The van der Waals surface area contributed by atoms with Crippen molar-refractivity contribution < 1.29 is 23.9 Å². The molecule has 12 heteroatoms. The predicted molar refractivity (Wildman–Crippen MR) is 119 cm³/mol. The fourth-order valence-electron chi connectivity index (χ4n) is 3.34. The molecule has 0 saturated heterocycles. The molecule has 1 atom stereocenters. The van der Waals surface area contributed by atoms with E-state index < -0.39 is 24.0 Å². The highest BCUT2D eigenvalue weighted by Gasteiger charge is 2.34. The van der Waals surface area contributed by atoms with Crippen molar-refractivity contribution in [1.29, 1.82) is 0 Å². The lowest BCUT2D eigenvalue weighted by Crippen LogP contribution is -2.47. The number of halogens is 1. The van der Waals surface area contributed by atoms with Crippen LogP contribution in [0.15, 0.2) is 66.1 Å². The summed E-state index contributed by atoms with van der Waals surface area (Å²) in [6.45, 7) is 1.45. The molecule has 1 aliphatic rings. The molecule has 3 aromatic rings. The third-order valence-corrected chi connectivity index (χ3v) is 5.17. The third-order valence-electron chi connectivity index (χ3n) is 4.92. The van der Waals surface area contributed by atoms with Gasteiger partial charge in [0.15, 0.2) is 0 Å². The molecule has 2 heterocycles. The standard InChI is InChI=1S/C22H19ClN6O5/c1-2-33-21(31)18-17(25-22(32)26-19(18)13-3-7-15(23)8-4-13)11-34-20(30)14-5-9-16(10-6-14)29-12-24-27-28-29/h3-10,12,19H,2,11H2,1H3,(H2,25,26,32). The summed E-state index contributed by atoms with van der Waals surface area (Å²) in [5, 5.41) is 16.7. The normalized spacial score (nSPS) is 15.4. The van der Waals surface area contributed by atoms with E-state index in [4.69, 9.17) is 21.1 Å². The van der Waals surface area contributed by atoms with Crippen molar-refractivity contribution in [1.82, 2.24) is 30.8 Å². The summed E-state index contributed by atoms with van der Waals surface area (Å²) >= 11 is 5.97. The van der Waals surface area contributed by atoms with Crippen LogP contribution in [-0.4, -0.2) is 51.4 Å². The van der Waals surface area contributed by atoms with E-state index in [9.17, 15) is 14.4 Å². The molecule has 2 amide bonds. The van der Waals surface area contributed by atoms with Crippen LogP contribution in [-0.2, 0) is 14.3 Å². The molecule has 0 radical (unpaired) electrons. The number of hydrogen-bond donors (Lipinski definition) is 2. The van der Waals surface area contributed by atoms with Gasteiger partial charge >= 0.3 is 18.0 Å². The van der Waals surface area contributed by atoms with Crippen LogP contribution in [0, 0.1) is 0 Å². The summed E-state index contributed by atoms with van der Waals surface area (Å²) in [4.78, 5) is 37.7. The molecule has 0 saturated carbocycles. The molecule has 11 nitrogen and oxygen atoms in total. The van der Waals surface area contributed by atoms with Crippen LogP contribution in [0.25, 0.3) is 5.69 Å². The number of nitrogens with zero attached hydrogens (tertiary/aromatic N) is 4. The highest BCUT2D eigenvalue weighted by atomic mass is 35.5. The number of carbonyl (C=O) groups is 3. The first kappa shape index (κ1) is 22.9. The van der Waals surface area contributed by atoms with Crippen LogP contribution in [0.3, 0.4) is 0 Å². The zero-order chi connectivity index (χ0) is 24.1. The Hall–Kier alpha value is -4.25. The smallest absolute Gasteiger partial charge is 0.338 e. The van der Waals surface area contributed by atoms with Crippen LogP contribution < -0.4 is 10.6 Å². The van der Waals surface area contributed by atoms with Gasteiger partial charge < -0.3 is 20.1 Å². The Balaban J connectivity index is 1.57. The number of nitrogens with one attached hydrogen (secondary N) is 2. The minimum atomic E-state index is -0.811. The van der Waals surface area contributed by atoms with E-state index in [1.54, 1.807) is 55.5 Å². The van der Waals surface area contributed by atoms with Crippen LogP contribution in [0.1, 0.15) is 28.9 Å². The number of benzene rings is 2. The van der Waals surface area contributed by atoms with Gasteiger partial charge in [0.05, 0.1) is 35.2 Å². The zero-order valence-corrected chi connectivity index (χ0v) is 18.7. The summed E-state index contributed by atoms with van der Waals surface area (Å²) < 4.78 is 12.0. The summed E-state index contributed by atoms with van der Waals surface area (Å²) in [5.74, 6) is -1.29. The molecule has 0 aliphatic carbocycles. The highest BCUT2D eigenvalue weighted by Crippen LogP contribution is 2.29. The van der Waals surface area contributed by atoms with Crippen molar-refractivity contribution >= 4 is 29.6 Å². The number of aromatic nitrogens is 4. The molecule has 1 aliphatic heterocycles. The third kappa shape index (κ3) is 5.04. The Kier molecular flexibility index (Phi) is 6.83. The number of amides is 2. The van der Waals surface area contributed by atoms with Crippen LogP contribution in [0.2, 0.25) is 5.02 Å². The molecular weight excluding hydrogens is 464 g/mol. The maximum atomic E-state index is 12.8. The van der Waals surface area contributed by atoms with E-state index in [1.807, 2.05) is 0 Å². The Labute approximate surface area is 198 Å². The largest absolute Gasteiger partial charge is 0.463 e. The fourth-order valence-corrected chi connectivity index (χ4v) is 3.46. The first-order valence-electron chi connectivity index (χ1n) is 10.2. The van der Waals surface area contributed by atoms with Crippen LogP contribution >= 0.6 is 11.6 Å². The molecule has 2 N–H and O–H groups in total. The number of ether oxygens (including phenoxy) is 2. The average molecular weight is 483 g/mol. The second kappa shape index (κ2) is 10.1. The number of rotatable bonds is 7. The molecule has 174 valence electrons. The SMILES string of the molecule is CCOC(=O)C1=C(COC(=O)c2ccc(-n3cnnn3)cc2)NC(=O)NC1c1ccc(Cl)cc1. The summed E-state index contributed by atoms with van der Waals surface area (Å²) in [6.07, 6.45) is 1.42. The molecule has 0 spiro atoms. The van der Waals surface area contributed by atoms with Crippen molar-refractivity contribution in [2.75, 3.05) is 13.2 Å².